The number of rotatable bonds is 6. The summed E-state index contributed by atoms with van der Waals surface area (Å²) >= 11 is 0. The summed E-state index contributed by atoms with van der Waals surface area (Å²) in [7, 11) is -1.49. The van der Waals surface area contributed by atoms with Crippen LogP contribution in [0.3, 0.4) is 0 Å². The zero-order chi connectivity index (χ0) is 11.2. The fourth-order valence-corrected chi connectivity index (χ4v) is 1.28. The zero-order valence-corrected chi connectivity index (χ0v) is 10.2. The molecule has 1 N–H and O–H groups in total. The molecule has 0 saturated heterocycles. The number of carboxylic acids is 1. The first-order valence-corrected chi connectivity index (χ1v) is 7.85. The Balaban J connectivity index is 3.73. The van der Waals surface area contributed by atoms with Gasteiger partial charge in [-0.25, -0.2) is 4.79 Å². The molecule has 14 heavy (non-hydrogen) atoms. The van der Waals surface area contributed by atoms with Gasteiger partial charge in [-0.2, -0.15) is 0 Å². The minimum Gasteiger partial charge on any atom is -0.489 e. The number of hydrogen-bond acceptors (Lipinski definition) is 3. The number of aliphatic carboxylic acids is 1. The monoisotopic (exact) mass is 218 g/mol. The van der Waals surface area contributed by atoms with Crippen LogP contribution in [-0.4, -0.2) is 32.6 Å². The predicted octanol–water partition coefficient (Wildman–Crippen LogP) is 1.84. The van der Waals surface area contributed by atoms with Crippen LogP contribution >= 0.6 is 0 Å². The molecule has 0 aromatic carbocycles. The standard InChI is InChI=1S/C9H18O4Si/c1-8(5-12-7-9(10)11)6-13-14(2,3)4/h5H,6-7H2,1-4H3,(H,10,11). The van der Waals surface area contributed by atoms with Gasteiger partial charge < -0.3 is 14.3 Å². The van der Waals surface area contributed by atoms with Crippen LogP contribution < -0.4 is 0 Å². The van der Waals surface area contributed by atoms with Gasteiger partial charge in [-0.1, -0.05) is 0 Å². The lowest BCUT2D eigenvalue weighted by atomic mass is 10.4. The normalized spacial score (nSPS) is 12.7. The van der Waals surface area contributed by atoms with Gasteiger partial charge in [0.15, 0.2) is 14.9 Å². The third kappa shape index (κ3) is 9.28. The van der Waals surface area contributed by atoms with E-state index in [-0.39, 0.29) is 6.61 Å². The molecule has 0 aromatic heterocycles. The Labute approximate surface area is 85.7 Å². The second kappa shape index (κ2) is 5.82. The van der Waals surface area contributed by atoms with Gasteiger partial charge in [-0.15, -0.1) is 0 Å². The molecule has 5 heteroatoms. The van der Waals surface area contributed by atoms with E-state index in [1.807, 2.05) is 6.92 Å². The van der Waals surface area contributed by atoms with E-state index in [1.165, 1.54) is 6.26 Å². The van der Waals surface area contributed by atoms with E-state index < -0.39 is 14.3 Å². The molecule has 0 aliphatic rings. The summed E-state index contributed by atoms with van der Waals surface area (Å²) in [5, 5.41) is 8.31. The summed E-state index contributed by atoms with van der Waals surface area (Å²) in [6.07, 6.45) is 1.44. The molecule has 0 rings (SSSR count). The van der Waals surface area contributed by atoms with Gasteiger partial charge in [0.1, 0.15) is 0 Å². The maximum Gasteiger partial charge on any atom is 0.341 e. The van der Waals surface area contributed by atoms with E-state index in [9.17, 15) is 4.79 Å². The maximum atomic E-state index is 10.1. The fourth-order valence-electron chi connectivity index (χ4n) is 0.620. The lowest BCUT2D eigenvalue weighted by molar-refractivity contribution is -0.140. The molecule has 82 valence electrons. The van der Waals surface area contributed by atoms with Gasteiger partial charge in [-0.05, 0) is 32.1 Å². The Morgan fingerprint density at radius 1 is 1.36 bits per heavy atom. The van der Waals surface area contributed by atoms with Crippen molar-refractivity contribution in [1.82, 2.24) is 0 Å². The first-order valence-electron chi connectivity index (χ1n) is 4.44. The minimum absolute atomic E-state index is 0.301. The van der Waals surface area contributed by atoms with E-state index in [0.717, 1.165) is 5.57 Å². The molecule has 0 aliphatic heterocycles. The lowest BCUT2D eigenvalue weighted by Crippen LogP contribution is -2.26. The fraction of sp³-hybridized carbons (Fsp3) is 0.667. The van der Waals surface area contributed by atoms with Crippen molar-refractivity contribution in [1.29, 1.82) is 0 Å². The molecule has 0 radical (unpaired) electrons. The van der Waals surface area contributed by atoms with Crippen LogP contribution in [0.25, 0.3) is 0 Å². The van der Waals surface area contributed by atoms with Crippen molar-refractivity contribution in [2.45, 2.75) is 26.6 Å². The summed E-state index contributed by atoms with van der Waals surface area (Å²) in [6, 6.07) is 0. The molecular formula is C9H18O4Si. The zero-order valence-electron chi connectivity index (χ0n) is 9.16. The van der Waals surface area contributed by atoms with Crippen molar-refractivity contribution in [3.8, 4) is 0 Å². The number of hydrogen-bond donors (Lipinski definition) is 1. The van der Waals surface area contributed by atoms with Crippen LogP contribution in [0.5, 0.6) is 0 Å². The molecular weight excluding hydrogens is 200 g/mol. The number of ether oxygens (including phenoxy) is 1. The molecule has 0 aliphatic carbocycles. The van der Waals surface area contributed by atoms with Crippen molar-refractivity contribution in [2.75, 3.05) is 13.2 Å². The molecule has 0 heterocycles. The molecule has 0 saturated carbocycles. The van der Waals surface area contributed by atoms with Gasteiger partial charge in [0.2, 0.25) is 0 Å². The summed E-state index contributed by atoms with van der Waals surface area (Å²) in [4.78, 5) is 10.1. The summed E-state index contributed by atoms with van der Waals surface area (Å²) in [5.41, 5.74) is 0.897. The minimum atomic E-state index is -1.49. The number of carbonyl (C=O) groups is 1. The van der Waals surface area contributed by atoms with Crippen molar-refractivity contribution < 1.29 is 19.1 Å². The molecule has 0 spiro atoms. The van der Waals surface area contributed by atoms with Crippen LogP contribution in [0.1, 0.15) is 6.92 Å². The Bertz CT molecular complexity index is 217. The van der Waals surface area contributed by atoms with Crippen LogP contribution in [0.4, 0.5) is 0 Å². The largest absolute Gasteiger partial charge is 0.489 e. The summed E-state index contributed by atoms with van der Waals surface area (Å²) < 4.78 is 10.4. The van der Waals surface area contributed by atoms with Crippen LogP contribution in [0.2, 0.25) is 19.6 Å². The topological polar surface area (TPSA) is 55.8 Å². The van der Waals surface area contributed by atoms with Gasteiger partial charge >= 0.3 is 5.97 Å². The highest BCUT2D eigenvalue weighted by atomic mass is 28.4. The second-order valence-corrected chi connectivity index (χ2v) is 8.58. The van der Waals surface area contributed by atoms with Gasteiger partial charge in [0.25, 0.3) is 0 Å². The highest BCUT2D eigenvalue weighted by molar-refractivity contribution is 6.69. The van der Waals surface area contributed by atoms with Crippen molar-refractivity contribution >= 4 is 14.3 Å². The number of carboxylic acid groups (broad SMARTS) is 1. The quantitative estimate of drug-likeness (QED) is 0.546. The van der Waals surface area contributed by atoms with E-state index in [0.29, 0.717) is 6.61 Å². The van der Waals surface area contributed by atoms with E-state index >= 15 is 0 Å². The third-order valence-electron chi connectivity index (χ3n) is 1.22. The first-order chi connectivity index (χ1) is 6.31. The van der Waals surface area contributed by atoms with E-state index in [4.69, 9.17) is 14.3 Å². The predicted molar refractivity (Wildman–Crippen MR) is 56.6 cm³/mol. The second-order valence-electron chi connectivity index (χ2n) is 4.07. The molecule has 0 fully saturated rings. The first kappa shape index (κ1) is 13.2. The molecule has 0 amide bonds. The van der Waals surface area contributed by atoms with Crippen molar-refractivity contribution in [2.24, 2.45) is 0 Å². The van der Waals surface area contributed by atoms with Crippen LogP contribution in [0.15, 0.2) is 11.8 Å². The van der Waals surface area contributed by atoms with Crippen molar-refractivity contribution in [3.63, 3.8) is 0 Å². The van der Waals surface area contributed by atoms with Crippen LogP contribution in [-0.2, 0) is 14.0 Å². The maximum absolute atomic E-state index is 10.1. The average Bonchev–Trinajstić information content (AvgIpc) is 1.99. The molecule has 4 nitrogen and oxygen atoms in total. The summed E-state index contributed by atoms with van der Waals surface area (Å²) in [5.74, 6) is -0.972. The molecule has 0 bridgehead atoms. The van der Waals surface area contributed by atoms with Crippen LogP contribution in [0, 0.1) is 0 Å². The Morgan fingerprint density at radius 3 is 2.36 bits per heavy atom. The third-order valence-corrected chi connectivity index (χ3v) is 2.23. The molecule has 0 unspecified atom stereocenters. The average molecular weight is 218 g/mol. The summed E-state index contributed by atoms with van der Waals surface area (Å²) in [6.45, 7) is 8.34. The van der Waals surface area contributed by atoms with Crippen molar-refractivity contribution in [3.05, 3.63) is 11.8 Å². The Morgan fingerprint density at radius 2 is 1.93 bits per heavy atom. The highest BCUT2D eigenvalue weighted by Gasteiger charge is 2.13. The van der Waals surface area contributed by atoms with Gasteiger partial charge in [0.05, 0.1) is 12.9 Å². The Hall–Kier alpha value is -0.813. The lowest BCUT2D eigenvalue weighted by Gasteiger charge is -2.17. The van der Waals surface area contributed by atoms with E-state index in [2.05, 4.69) is 19.6 Å². The van der Waals surface area contributed by atoms with Gasteiger partial charge in [-0.3, -0.25) is 0 Å². The highest BCUT2D eigenvalue weighted by Crippen LogP contribution is 2.05. The SMILES string of the molecule is CC(=COCC(=O)O)CO[Si](C)(C)C. The van der Waals surface area contributed by atoms with Gasteiger partial charge in [0, 0.05) is 0 Å². The smallest absolute Gasteiger partial charge is 0.341 e. The van der Waals surface area contributed by atoms with E-state index in [1.54, 1.807) is 0 Å². The molecule has 0 aromatic rings. The Kier molecular flexibility index (Phi) is 5.48. The molecule has 0 atom stereocenters.